The summed E-state index contributed by atoms with van der Waals surface area (Å²) in [5, 5.41) is 4.27. The minimum Gasteiger partial charge on any atom is -0.422 e. The van der Waals surface area contributed by atoms with Crippen LogP contribution in [0, 0.1) is 5.92 Å². The Labute approximate surface area is 287 Å². The second-order valence-electron chi connectivity index (χ2n) is 13.0. The first-order valence-electron chi connectivity index (χ1n) is 16.5. The molecule has 0 aliphatic carbocycles. The van der Waals surface area contributed by atoms with Gasteiger partial charge in [0, 0.05) is 74.4 Å². The Balaban J connectivity index is 1.10. The molecule has 1 N–H and O–H groups in total. The van der Waals surface area contributed by atoms with Crippen LogP contribution in [0.3, 0.4) is 0 Å². The summed E-state index contributed by atoms with van der Waals surface area (Å²) in [6, 6.07) is 27.1. The molecule has 11 heteroatoms. The van der Waals surface area contributed by atoms with Crippen molar-refractivity contribution in [1.82, 2.24) is 9.47 Å². The Kier molecular flexibility index (Phi) is 7.95. The second kappa shape index (κ2) is 12.6. The van der Waals surface area contributed by atoms with Gasteiger partial charge in [-0.3, -0.25) is 14.4 Å². The number of benzene rings is 3. The highest BCUT2D eigenvalue weighted by Gasteiger charge is 2.36. The molecular weight excluding hydrogens is 642 g/mol. The molecule has 0 spiro atoms. The van der Waals surface area contributed by atoms with Gasteiger partial charge in [-0.15, -0.1) is 0 Å². The van der Waals surface area contributed by atoms with Crippen molar-refractivity contribution in [2.45, 2.75) is 18.9 Å². The number of amides is 2. The van der Waals surface area contributed by atoms with Gasteiger partial charge in [0.15, 0.2) is 0 Å². The minimum absolute atomic E-state index is 0.0124. The summed E-state index contributed by atoms with van der Waals surface area (Å²) < 4.78 is 7.33. The van der Waals surface area contributed by atoms with Crippen LogP contribution in [-0.4, -0.2) is 60.5 Å². The molecule has 2 aromatic heterocycles. The molecule has 0 radical (unpaired) electrons. The van der Waals surface area contributed by atoms with E-state index in [0.717, 1.165) is 23.5 Å². The van der Waals surface area contributed by atoms with E-state index in [0.29, 0.717) is 73.1 Å². The average molecular weight is 676 g/mol. The summed E-state index contributed by atoms with van der Waals surface area (Å²) in [6.07, 6.45) is 0.969. The molecule has 248 valence electrons. The van der Waals surface area contributed by atoms with E-state index < -0.39 is 11.5 Å². The summed E-state index contributed by atoms with van der Waals surface area (Å²) in [6.45, 7) is 4.23. The number of nitrogens with one attached hydrogen (secondary N) is 1. The summed E-state index contributed by atoms with van der Waals surface area (Å²) >= 11 is 6.43. The molecule has 10 nitrogen and oxygen atoms in total. The van der Waals surface area contributed by atoms with E-state index in [9.17, 15) is 19.2 Å². The van der Waals surface area contributed by atoms with Crippen molar-refractivity contribution < 1.29 is 14.0 Å². The second-order valence-corrected chi connectivity index (χ2v) is 13.4. The van der Waals surface area contributed by atoms with Crippen molar-refractivity contribution in [1.29, 1.82) is 0 Å². The Hall–Kier alpha value is -5.35. The SMILES string of the molecule is O=C(Nc1cc(C(=O)N2CCN(c3ccccc3Cl)CC2)ccc1N1C[C@H]2C[C@@H](C1)c1cccc(=O)n1C2)c1cc2ccccc2oc1=O. The zero-order valence-corrected chi connectivity index (χ0v) is 27.4. The third-order valence-corrected chi connectivity index (χ3v) is 10.3. The molecule has 5 heterocycles. The van der Waals surface area contributed by atoms with Crippen LogP contribution in [0.25, 0.3) is 11.0 Å². The lowest BCUT2D eigenvalue weighted by molar-refractivity contribution is 0.0746. The van der Waals surface area contributed by atoms with Gasteiger partial charge in [0.05, 0.1) is 22.1 Å². The van der Waals surface area contributed by atoms with E-state index in [1.165, 1.54) is 6.07 Å². The van der Waals surface area contributed by atoms with E-state index in [1.807, 2.05) is 58.0 Å². The number of fused-ring (bicyclic) bond motifs is 5. The fourth-order valence-corrected chi connectivity index (χ4v) is 7.84. The minimum atomic E-state index is -0.740. The van der Waals surface area contributed by atoms with E-state index in [4.69, 9.17) is 16.0 Å². The maximum Gasteiger partial charge on any atom is 0.349 e. The number of carbonyl (C=O) groups excluding carboxylic acids is 2. The van der Waals surface area contributed by atoms with Crippen molar-refractivity contribution >= 4 is 51.4 Å². The van der Waals surface area contributed by atoms with Gasteiger partial charge < -0.3 is 29.0 Å². The Morgan fingerprint density at radius 3 is 2.41 bits per heavy atom. The number of para-hydroxylation sites is 2. The molecule has 2 bridgehead atoms. The lowest BCUT2D eigenvalue weighted by Crippen LogP contribution is -2.49. The van der Waals surface area contributed by atoms with E-state index in [1.54, 1.807) is 36.4 Å². The highest BCUT2D eigenvalue weighted by Crippen LogP contribution is 2.39. The third kappa shape index (κ3) is 5.86. The number of piperidine rings is 1. The summed E-state index contributed by atoms with van der Waals surface area (Å²) in [5.74, 6) is -0.394. The number of pyridine rings is 1. The van der Waals surface area contributed by atoms with Crippen LogP contribution in [0.1, 0.15) is 38.7 Å². The number of piperazine rings is 1. The summed E-state index contributed by atoms with van der Waals surface area (Å²) in [5.41, 5.74) is 3.12. The molecule has 0 saturated carbocycles. The fourth-order valence-electron chi connectivity index (χ4n) is 7.59. The van der Waals surface area contributed by atoms with Crippen LogP contribution in [0.15, 0.2) is 105 Å². The fraction of sp³-hybridized carbons (Fsp3) is 0.263. The number of hydrogen-bond acceptors (Lipinski definition) is 7. The van der Waals surface area contributed by atoms with Crippen LogP contribution in [-0.2, 0) is 6.54 Å². The van der Waals surface area contributed by atoms with Crippen molar-refractivity contribution in [2.24, 2.45) is 5.92 Å². The molecule has 3 aromatic carbocycles. The van der Waals surface area contributed by atoms with Crippen LogP contribution in [0.2, 0.25) is 5.02 Å². The molecule has 2 atom stereocenters. The highest BCUT2D eigenvalue weighted by atomic mass is 35.5. The zero-order chi connectivity index (χ0) is 33.6. The molecule has 8 rings (SSSR count). The van der Waals surface area contributed by atoms with Gasteiger partial charge in [-0.05, 0) is 60.9 Å². The maximum atomic E-state index is 13.9. The van der Waals surface area contributed by atoms with Gasteiger partial charge in [-0.1, -0.05) is 48.0 Å². The summed E-state index contributed by atoms with van der Waals surface area (Å²) in [7, 11) is 0. The van der Waals surface area contributed by atoms with E-state index in [-0.39, 0.29) is 28.9 Å². The van der Waals surface area contributed by atoms with Crippen LogP contribution in [0.4, 0.5) is 17.1 Å². The number of hydrogen-bond donors (Lipinski definition) is 1. The average Bonchev–Trinajstić information content (AvgIpc) is 3.11. The van der Waals surface area contributed by atoms with Crippen molar-refractivity contribution in [2.75, 3.05) is 54.4 Å². The molecule has 2 fully saturated rings. The van der Waals surface area contributed by atoms with Gasteiger partial charge in [-0.2, -0.15) is 0 Å². The topological polar surface area (TPSA) is 108 Å². The van der Waals surface area contributed by atoms with Crippen LogP contribution in [0.5, 0.6) is 0 Å². The van der Waals surface area contributed by atoms with Crippen LogP contribution >= 0.6 is 11.6 Å². The van der Waals surface area contributed by atoms with Crippen molar-refractivity contribution in [3.63, 3.8) is 0 Å². The highest BCUT2D eigenvalue weighted by molar-refractivity contribution is 6.33. The Morgan fingerprint density at radius 1 is 0.776 bits per heavy atom. The lowest BCUT2D eigenvalue weighted by Gasteiger charge is -2.44. The van der Waals surface area contributed by atoms with Crippen LogP contribution < -0.4 is 26.3 Å². The number of nitrogens with zero attached hydrogens (tertiary/aromatic N) is 4. The number of anilines is 3. The first-order chi connectivity index (χ1) is 23.8. The standard InChI is InChI=1S/C38H34ClN5O5/c39-29-7-2-3-8-32(29)41-14-16-42(17-15-41)37(47)26-12-13-33(43-21-24-18-27(23-43)31-9-5-11-35(45)44(31)22-24)30(20-26)40-36(46)28-19-25-6-1-4-10-34(25)49-38(28)48/h1-13,19-20,24,27H,14-18,21-23H2,(H,40,46)/t24-,27+/m1/s1. The monoisotopic (exact) mass is 675 g/mol. The smallest absolute Gasteiger partial charge is 0.349 e. The van der Waals surface area contributed by atoms with Gasteiger partial charge in [0.2, 0.25) is 0 Å². The molecule has 3 aliphatic heterocycles. The van der Waals surface area contributed by atoms with Crippen molar-refractivity contribution in [3.05, 3.63) is 134 Å². The summed E-state index contributed by atoms with van der Waals surface area (Å²) in [4.78, 5) is 59.4. The molecule has 2 amide bonds. The maximum absolute atomic E-state index is 13.9. The van der Waals surface area contributed by atoms with E-state index in [2.05, 4.69) is 15.1 Å². The predicted molar refractivity (Wildman–Crippen MR) is 190 cm³/mol. The normalized spacial score (nSPS) is 18.7. The first kappa shape index (κ1) is 31.0. The van der Waals surface area contributed by atoms with Gasteiger partial charge >= 0.3 is 5.63 Å². The number of rotatable bonds is 5. The zero-order valence-electron chi connectivity index (χ0n) is 26.7. The van der Waals surface area contributed by atoms with Gasteiger partial charge in [-0.25, -0.2) is 4.79 Å². The first-order valence-corrected chi connectivity index (χ1v) is 16.9. The third-order valence-electron chi connectivity index (χ3n) is 9.96. The number of aromatic nitrogens is 1. The Morgan fingerprint density at radius 2 is 1.57 bits per heavy atom. The number of carbonyl (C=O) groups is 2. The molecule has 5 aromatic rings. The largest absolute Gasteiger partial charge is 0.422 e. The lowest BCUT2D eigenvalue weighted by atomic mass is 9.83. The van der Waals surface area contributed by atoms with Crippen molar-refractivity contribution in [3.8, 4) is 0 Å². The quantitative estimate of drug-likeness (QED) is 0.247. The van der Waals surface area contributed by atoms with Gasteiger partial charge in [0.1, 0.15) is 11.1 Å². The van der Waals surface area contributed by atoms with E-state index >= 15 is 0 Å². The molecule has 49 heavy (non-hydrogen) atoms. The molecule has 0 unspecified atom stereocenters. The molecular formula is C38H34ClN5O5. The van der Waals surface area contributed by atoms with Gasteiger partial charge in [0.25, 0.3) is 17.4 Å². The number of halogens is 1. The Bertz CT molecular complexity index is 2220. The molecule has 2 saturated heterocycles. The predicted octanol–water partition coefficient (Wildman–Crippen LogP) is 5.45. The molecule has 3 aliphatic rings.